The van der Waals surface area contributed by atoms with Gasteiger partial charge in [0.1, 0.15) is 0 Å². The van der Waals surface area contributed by atoms with E-state index in [-0.39, 0.29) is 0 Å². The maximum atomic E-state index is 3.36. The Morgan fingerprint density at radius 2 is 0.860 bits per heavy atom. The van der Waals surface area contributed by atoms with Crippen molar-refractivity contribution in [3.05, 3.63) is 0 Å². The van der Waals surface area contributed by atoms with Gasteiger partial charge in [-0.2, -0.15) is 0 Å². The molecule has 0 amide bonds. The highest BCUT2D eigenvalue weighted by Crippen LogP contribution is 3.71. The van der Waals surface area contributed by atoms with Crippen LogP contribution in [0.3, 0.4) is 0 Å². The third-order valence-corrected chi connectivity index (χ3v) is 47.8. The van der Waals surface area contributed by atoms with Gasteiger partial charge in [0.15, 0.2) is 0 Å². The van der Waals surface area contributed by atoms with Crippen LogP contribution in [-0.4, -0.2) is 0 Å². The predicted octanol–water partition coefficient (Wildman–Crippen LogP) is 7.24. The molecule has 57 heavy (non-hydrogen) atoms. The van der Waals surface area contributed by atoms with E-state index in [1.54, 1.807) is 12.8 Å². The second kappa shape index (κ2) is 3.23. The molecule has 35 rings (SSSR count). The minimum absolute atomic E-state index is 0.670. The van der Waals surface area contributed by atoms with Gasteiger partial charge in [0.25, 0.3) is 0 Å². The van der Waals surface area contributed by atoms with Crippen LogP contribution in [0.4, 0.5) is 0 Å². The third kappa shape index (κ3) is 0.477. The van der Waals surface area contributed by atoms with Crippen LogP contribution in [-0.2, 0) is 0 Å². The molecule has 35 aliphatic carbocycles. The van der Waals surface area contributed by atoms with E-state index in [4.69, 9.17) is 0 Å². The molecule has 35 aliphatic rings. The van der Waals surface area contributed by atoms with Gasteiger partial charge in [0.05, 0.1) is 0 Å². The molecule has 0 saturated heterocycles. The van der Waals surface area contributed by atoms with E-state index in [0.29, 0.717) is 21.7 Å². The lowest BCUT2D eigenvalue weighted by Gasteiger charge is -3.67. The second-order valence-electron chi connectivity index (χ2n) is 35.9. The highest BCUT2D eigenvalue weighted by Gasteiger charge is 3.70. The molecule has 0 heterocycles. The molecule has 0 aromatic carbocycles. The quantitative estimate of drug-likeness (QED) is 0.247. The topological polar surface area (TPSA) is 0 Å². The molecule has 35 saturated carbocycles. The fourth-order valence-electron chi connectivity index (χ4n) is 58.9. The van der Waals surface area contributed by atoms with Gasteiger partial charge in [0.2, 0.25) is 0 Å². The fraction of sp³-hybridized carbons (Fsp3) is 1.00. The van der Waals surface area contributed by atoms with Crippen LogP contribution in [0, 0.1) is 258 Å². The normalized spacial score (nSPS) is 132. The van der Waals surface area contributed by atoms with E-state index >= 15 is 0 Å². The Bertz CT molecular complexity index is 3590. The predicted molar refractivity (Wildman–Crippen MR) is 188 cm³/mol. The highest BCUT2D eigenvalue weighted by atomic mass is 15.7. The molecular weight excluding hydrogens is 685 g/mol. The number of rotatable bonds is 0. The minimum atomic E-state index is 0.670. The van der Waals surface area contributed by atoms with E-state index in [0.717, 1.165) is 141 Å². The average molecular weight is 731 g/mol. The van der Waals surface area contributed by atoms with E-state index in [9.17, 15) is 0 Å². The first-order chi connectivity index (χ1) is 27.5. The van der Waals surface area contributed by atoms with Gasteiger partial charge < -0.3 is 0 Å². The van der Waals surface area contributed by atoms with E-state index in [1.807, 2.05) is 12.8 Å². The standard InChI is InChI=1S/C57H46/c1-12-8-14-18-23-25-26-24-22-17-10-16-21-20-15-9-13-11-35-34(7)33(6)32(5)31(4)30(3)29(12,2)28-27-19(14)38(18)42(23)45(25)46(26)44(24)41(22)37(16,17)40(21)39(20,36(13,15)35)52(35)51(34)50(33)49(32)48(31)47(28,30)43(27,38)53(42,48)55(45,49)57(46,50)56(44,51)54(40,41)52/h12-28H,8-11H2,1-7H3. The van der Waals surface area contributed by atoms with Crippen LogP contribution in [0.5, 0.6) is 0 Å². The van der Waals surface area contributed by atoms with Gasteiger partial charge in [-0.15, -0.1) is 0 Å². The maximum absolute atomic E-state index is 3.36. The van der Waals surface area contributed by atoms with Crippen molar-refractivity contribution in [3.63, 3.8) is 0 Å². The van der Waals surface area contributed by atoms with Crippen LogP contribution in [0.15, 0.2) is 0 Å². The molecule has 0 aliphatic heterocycles. The zero-order valence-corrected chi connectivity index (χ0v) is 34.1. The monoisotopic (exact) mass is 730 g/mol. The Kier molecular flexibility index (Phi) is 1.22. The number of fused-ring (bicyclic) bond motifs is 15. The SMILES string of the molecule is CC1CC2C3C4C5C1(C)C1(C)C6(C)C7(C)C8(C)C9(C)C%10%11CC%12CC%13C%14C%15C%16CC%17C%18C%19C%20C%21C%22C2C32C43C51C61C34C%222C%212C%203C%195C%186C%16%17C%15%16C%14(C%12%13%10)C%11%10C%166C56C9%10C85C71C24C356. The van der Waals surface area contributed by atoms with Gasteiger partial charge in [-0.3, -0.25) is 0 Å². The number of hydrogen-bond acceptors (Lipinski definition) is 0. The van der Waals surface area contributed by atoms with E-state index in [2.05, 4.69) is 48.5 Å². The van der Waals surface area contributed by atoms with Gasteiger partial charge in [0, 0.05) is 0 Å². The second-order valence-corrected chi connectivity index (χ2v) is 35.9. The van der Waals surface area contributed by atoms with Crippen LogP contribution in [0.25, 0.3) is 0 Å². The Balaban J connectivity index is 0.839. The maximum Gasteiger partial charge on any atom is -0.000394 e. The molecule has 46 atom stereocenters. The van der Waals surface area contributed by atoms with E-state index < -0.39 is 0 Å². The molecule has 0 heteroatoms. The van der Waals surface area contributed by atoms with Crippen LogP contribution in [0.2, 0.25) is 0 Å². The Hall–Kier alpha value is 0. The highest BCUT2D eigenvalue weighted by molar-refractivity contribution is 6.14. The molecule has 23 spiro atoms. The van der Waals surface area contributed by atoms with Crippen molar-refractivity contribution in [3.8, 4) is 0 Å². The first kappa shape index (κ1) is 21.6. The van der Waals surface area contributed by atoms with Gasteiger partial charge in [-0.05, 0) is 283 Å². The van der Waals surface area contributed by atoms with Crippen molar-refractivity contribution in [1.29, 1.82) is 0 Å². The summed E-state index contributed by atoms with van der Waals surface area (Å²) in [5.41, 5.74) is 27.1. The third-order valence-electron chi connectivity index (χ3n) is 47.8. The molecule has 0 aromatic rings. The van der Waals surface area contributed by atoms with Crippen molar-refractivity contribution in [2.45, 2.75) is 74.1 Å². The van der Waals surface area contributed by atoms with Gasteiger partial charge in [-0.25, -0.2) is 0 Å². The number of hydrogen-bond donors (Lipinski definition) is 0. The summed E-state index contributed by atoms with van der Waals surface area (Å²) in [6.45, 7) is 22.7. The summed E-state index contributed by atoms with van der Waals surface area (Å²) in [5.74, 6) is 22.0. The summed E-state index contributed by atoms with van der Waals surface area (Å²) >= 11 is 0. The molecule has 0 nitrogen and oxygen atoms in total. The Labute approximate surface area is 330 Å². The van der Waals surface area contributed by atoms with Crippen molar-refractivity contribution < 1.29 is 0 Å². The lowest BCUT2D eigenvalue weighted by molar-refractivity contribution is -1.23. The lowest BCUT2D eigenvalue weighted by atomic mass is 8.35. The molecule has 0 radical (unpaired) electrons. The Morgan fingerprint density at radius 3 is 1.63 bits per heavy atom. The van der Waals surface area contributed by atoms with Crippen molar-refractivity contribution in [2.24, 2.45) is 258 Å². The molecule has 274 valence electrons. The molecule has 46 unspecified atom stereocenters. The van der Waals surface area contributed by atoms with Crippen molar-refractivity contribution in [1.82, 2.24) is 0 Å². The van der Waals surface area contributed by atoms with Crippen LogP contribution >= 0.6 is 0 Å². The summed E-state index contributed by atoms with van der Waals surface area (Å²) in [6.07, 6.45) is 7.16. The summed E-state index contributed by atoms with van der Waals surface area (Å²) in [6, 6.07) is 0. The van der Waals surface area contributed by atoms with Crippen molar-refractivity contribution >= 4 is 0 Å². The largest absolute Gasteiger partial charge is 0.0619 e. The van der Waals surface area contributed by atoms with Gasteiger partial charge in [-0.1, -0.05) is 48.5 Å². The van der Waals surface area contributed by atoms with Crippen molar-refractivity contribution in [2.75, 3.05) is 0 Å². The first-order valence-electron chi connectivity index (χ1n) is 27.5. The molecule has 0 aromatic heterocycles. The Morgan fingerprint density at radius 1 is 0.351 bits per heavy atom. The zero-order chi connectivity index (χ0) is 34.1. The fourth-order valence-corrected chi connectivity index (χ4v) is 58.9. The van der Waals surface area contributed by atoms with E-state index in [1.165, 1.54) is 94.7 Å². The van der Waals surface area contributed by atoms with Crippen LogP contribution < -0.4 is 0 Å². The minimum Gasteiger partial charge on any atom is -0.0619 e. The van der Waals surface area contributed by atoms with Crippen LogP contribution in [0.1, 0.15) is 74.1 Å². The average Bonchev–Trinajstić information content (AvgIpc) is 3.10. The molecule has 0 N–H and O–H groups in total. The molecule has 0 bridgehead atoms. The van der Waals surface area contributed by atoms with Gasteiger partial charge >= 0.3 is 0 Å². The first-order valence-corrected chi connectivity index (χ1v) is 27.5. The summed E-state index contributed by atoms with van der Waals surface area (Å²) in [7, 11) is 0. The smallest absolute Gasteiger partial charge is 0.000394 e. The molecule has 35 fully saturated rings. The summed E-state index contributed by atoms with van der Waals surface area (Å²) < 4.78 is 0. The molecular formula is C57H46. The summed E-state index contributed by atoms with van der Waals surface area (Å²) in [5, 5.41) is 0. The lowest BCUT2D eigenvalue weighted by Crippen LogP contribution is -3.66. The summed E-state index contributed by atoms with van der Waals surface area (Å²) in [4.78, 5) is 0. The zero-order valence-electron chi connectivity index (χ0n) is 34.1.